The van der Waals surface area contributed by atoms with E-state index in [2.05, 4.69) is 26.1 Å². The molecule has 2 rings (SSSR count). The Morgan fingerprint density at radius 3 is 2.48 bits per heavy atom. The highest BCUT2D eigenvalue weighted by Crippen LogP contribution is 2.38. The molecule has 2 unspecified atom stereocenters. The van der Waals surface area contributed by atoms with Crippen LogP contribution in [0.4, 0.5) is 5.69 Å². The molecule has 5 nitrogen and oxygen atoms in total. The number of nitrogens with one attached hydrogen (secondary N) is 1. The first-order valence-corrected chi connectivity index (χ1v) is 7.87. The van der Waals surface area contributed by atoms with E-state index < -0.39 is 0 Å². The van der Waals surface area contributed by atoms with Gasteiger partial charge in [0.2, 0.25) is 0 Å². The first-order valence-electron chi connectivity index (χ1n) is 7.87. The van der Waals surface area contributed by atoms with Crippen LogP contribution in [0, 0.1) is 11.8 Å². The van der Waals surface area contributed by atoms with Crippen LogP contribution in [-0.4, -0.2) is 25.6 Å². The van der Waals surface area contributed by atoms with Gasteiger partial charge in [-0.2, -0.15) is 0 Å². The van der Waals surface area contributed by atoms with Gasteiger partial charge in [-0.1, -0.05) is 33.8 Å². The molecule has 126 valence electrons. The topological polar surface area (TPSA) is 64.6 Å². The number of anilines is 1. The van der Waals surface area contributed by atoms with E-state index in [1.54, 1.807) is 7.11 Å². The van der Waals surface area contributed by atoms with E-state index in [-0.39, 0.29) is 29.8 Å². The number of carbonyl (C=O) groups is 2. The van der Waals surface area contributed by atoms with Gasteiger partial charge in [-0.15, -0.1) is 0 Å². The molecule has 1 amide bonds. The molecule has 1 N–H and O–H groups in total. The molecule has 0 radical (unpaired) electrons. The number of rotatable bonds is 5. The molecule has 1 aromatic carbocycles. The molecule has 0 saturated heterocycles. The normalized spacial score (nSPS) is 19.9. The second-order valence-electron chi connectivity index (χ2n) is 7.14. The second-order valence-corrected chi connectivity index (χ2v) is 7.14. The van der Waals surface area contributed by atoms with Gasteiger partial charge in [-0.05, 0) is 35.4 Å². The molecular formula is C18H25NO4. The lowest BCUT2D eigenvalue weighted by atomic mass is 9.87. The van der Waals surface area contributed by atoms with E-state index in [4.69, 9.17) is 9.47 Å². The molecule has 1 aliphatic carbocycles. The Hall–Kier alpha value is -2.04. The van der Waals surface area contributed by atoms with Crippen molar-refractivity contribution in [3.8, 4) is 5.75 Å². The van der Waals surface area contributed by atoms with E-state index in [0.29, 0.717) is 17.4 Å². The summed E-state index contributed by atoms with van der Waals surface area (Å²) in [6.45, 7) is 8.01. The van der Waals surface area contributed by atoms with Crippen molar-refractivity contribution in [2.24, 2.45) is 11.8 Å². The summed E-state index contributed by atoms with van der Waals surface area (Å²) in [4.78, 5) is 23.7. The van der Waals surface area contributed by atoms with Gasteiger partial charge in [0.15, 0.2) is 6.61 Å². The lowest BCUT2D eigenvalue weighted by Gasteiger charge is -2.21. The Labute approximate surface area is 137 Å². The van der Waals surface area contributed by atoms with E-state index in [0.717, 1.165) is 12.0 Å². The molecule has 1 fully saturated rings. The fourth-order valence-corrected chi connectivity index (χ4v) is 2.35. The first-order chi connectivity index (χ1) is 10.7. The number of amides is 1. The number of methoxy groups -OCH3 is 1. The summed E-state index contributed by atoms with van der Waals surface area (Å²) < 4.78 is 10.3. The molecule has 0 spiro atoms. The molecule has 0 aromatic heterocycles. The van der Waals surface area contributed by atoms with Crippen LogP contribution in [-0.2, 0) is 19.7 Å². The number of benzene rings is 1. The molecule has 1 aromatic rings. The van der Waals surface area contributed by atoms with Crippen molar-refractivity contribution in [2.45, 2.75) is 39.5 Å². The Morgan fingerprint density at radius 2 is 1.96 bits per heavy atom. The van der Waals surface area contributed by atoms with Crippen LogP contribution in [0.3, 0.4) is 0 Å². The van der Waals surface area contributed by atoms with E-state index in [1.165, 1.54) is 0 Å². The first kappa shape index (κ1) is 17.3. The number of hydrogen-bond donors (Lipinski definition) is 1. The van der Waals surface area contributed by atoms with Crippen molar-refractivity contribution in [3.05, 3.63) is 23.8 Å². The molecule has 0 aliphatic heterocycles. The maximum absolute atomic E-state index is 12.0. The number of hydrogen-bond acceptors (Lipinski definition) is 4. The van der Waals surface area contributed by atoms with Crippen molar-refractivity contribution in [1.29, 1.82) is 0 Å². The molecule has 1 aliphatic rings. The monoisotopic (exact) mass is 319 g/mol. The van der Waals surface area contributed by atoms with Crippen molar-refractivity contribution in [1.82, 2.24) is 0 Å². The minimum absolute atomic E-state index is 0.0402. The zero-order valence-corrected chi connectivity index (χ0v) is 14.4. The van der Waals surface area contributed by atoms with Crippen LogP contribution in [0.1, 0.15) is 39.7 Å². The van der Waals surface area contributed by atoms with Crippen molar-refractivity contribution < 1.29 is 19.1 Å². The van der Waals surface area contributed by atoms with Gasteiger partial charge in [0, 0.05) is 0 Å². The quantitative estimate of drug-likeness (QED) is 0.847. The summed E-state index contributed by atoms with van der Waals surface area (Å²) in [6, 6.07) is 5.69. The summed E-state index contributed by atoms with van der Waals surface area (Å²) in [5.41, 5.74) is 1.62. The summed E-state index contributed by atoms with van der Waals surface area (Å²) in [5, 5.41) is 2.76. The van der Waals surface area contributed by atoms with Crippen LogP contribution in [0.25, 0.3) is 0 Å². The van der Waals surface area contributed by atoms with Gasteiger partial charge in [0.25, 0.3) is 5.91 Å². The predicted octanol–water partition coefficient (Wildman–Crippen LogP) is 3.13. The van der Waals surface area contributed by atoms with Crippen molar-refractivity contribution in [2.75, 3.05) is 19.0 Å². The summed E-state index contributed by atoms with van der Waals surface area (Å²) in [6.07, 6.45) is 0.849. The number of carbonyl (C=O) groups excluding carboxylic acids is 2. The van der Waals surface area contributed by atoms with E-state index in [1.807, 2.05) is 25.1 Å². The average molecular weight is 319 g/mol. The lowest BCUT2D eigenvalue weighted by Crippen LogP contribution is -2.22. The van der Waals surface area contributed by atoms with Gasteiger partial charge < -0.3 is 14.8 Å². The molecule has 0 heterocycles. The third-order valence-electron chi connectivity index (χ3n) is 4.10. The fraction of sp³-hybridized carbons (Fsp3) is 0.556. The Bertz CT molecular complexity index is 604. The standard InChI is InChI=1S/C18H25NO4/c1-11-8-13(11)17(21)23-10-16(20)19-14-9-12(18(2,3)4)6-7-15(14)22-5/h6-7,9,11,13H,8,10H2,1-5H3,(H,19,20). The average Bonchev–Trinajstić information content (AvgIpc) is 3.21. The highest BCUT2D eigenvalue weighted by atomic mass is 16.5. The van der Waals surface area contributed by atoms with Gasteiger partial charge in [0.05, 0.1) is 18.7 Å². The molecule has 23 heavy (non-hydrogen) atoms. The fourth-order valence-electron chi connectivity index (χ4n) is 2.35. The summed E-state index contributed by atoms with van der Waals surface area (Å²) in [7, 11) is 1.55. The largest absolute Gasteiger partial charge is 0.495 e. The van der Waals surface area contributed by atoms with Gasteiger partial charge in [-0.3, -0.25) is 9.59 Å². The zero-order chi connectivity index (χ0) is 17.2. The predicted molar refractivity (Wildman–Crippen MR) is 88.6 cm³/mol. The second kappa shape index (κ2) is 6.60. The SMILES string of the molecule is COc1ccc(C(C)(C)C)cc1NC(=O)COC(=O)C1CC1C. The molecule has 5 heteroatoms. The molecule has 1 saturated carbocycles. The Balaban J connectivity index is 2.00. The molecular weight excluding hydrogens is 294 g/mol. The smallest absolute Gasteiger partial charge is 0.309 e. The number of esters is 1. The maximum Gasteiger partial charge on any atom is 0.309 e. The van der Waals surface area contributed by atoms with Crippen molar-refractivity contribution in [3.63, 3.8) is 0 Å². The Morgan fingerprint density at radius 1 is 1.30 bits per heavy atom. The van der Waals surface area contributed by atoms with Crippen LogP contribution in [0.15, 0.2) is 18.2 Å². The molecule has 2 atom stereocenters. The van der Waals surface area contributed by atoms with Gasteiger partial charge >= 0.3 is 5.97 Å². The lowest BCUT2D eigenvalue weighted by molar-refractivity contribution is -0.148. The highest BCUT2D eigenvalue weighted by molar-refractivity contribution is 5.94. The summed E-state index contributed by atoms with van der Waals surface area (Å²) >= 11 is 0. The van der Waals surface area contributed by atoms with Crippen LogP contribution >= 0.6 is 0 Å². The minimum atomic E-state index is -0.365. The third-order valence-corrected chi connectivity index (χ3v) is 4.10. The van der Waals surface area contributed by atoms with Crippen LogP contribution in [0.2, 0.25) is 0 Å². The van der Waals surface area contributed by atoms with Gasteiger partial charge in [-0.25, -0.2) is 0 Å². The van der Waals surface area contributed by atoms with Gasteiger partial charge in [0.1, 0.15) is 5.75 Å². The zero-order valence-electron chi connectivity index (χ0n) is 14.4. The summed E-state index contributed by atoms with van der Waals surface area (Å²) in [5.74, 6) is 0.253. The van der Waals surface area contributed by atoms with Crippen LogP contribution < -0.4 is 10.1 Å². The third kappa shape index (κ3) is 4.47. The molecule has 0 bridgehead atoms. The minimum Gasteiger partial charge on any atom is -0.495 e. The highest BCUT2D eigenvalue weighted by Gasteiger charge is 2.40. The van der Waals surface area contributed by atoms with E-state index in [9.17, 15) is 9.59 Å². The van der Waals surface area contributed by atoms with Crippen LogP contribution in [0.5, 0.6) is 5.75 Å². The Kier molecular flexibility index (Phi) is 4.97. The number of ether oxygens (including phenoxy) is 2. The van der Waals surface area contributed by atoms with E-state index >= 15 is 0 Å². The maximum atomic E-state index is 12.0. The van der Waals surface area contributed by atoms with Crippen molar-refractivity contribution >= 4 is 17.6 Å².